The van der Waals surface area contributed by atoms with Gasteiger partial charge in [-0.05, 0) is 43.1 Å². The van der Waals surface area contributed by atoms with Crippen molar-refractivity contribution in [1.29, 1.82) is 0 Å². The molecule has 2 rings (SSSR count). The van der Waals surface area contributed by atoms with E-state index in [-0.39, 0.29) is 5.91 Å². The predicted octanol–water partition coefficient (Wildman–Crippen LogP) is 0.594. The Morgan fingerprint density at radius 3 is 2.54 bits per heavy atom. The van der Waals surface area contributed by atoms with Gasteiger partial charge in [-0.2, -0.15) is 0 Å². The highest BCUT2D eigenvalue weighted by atomic mass is 16.4. The quantitative estimate of drug-likeness (QED) is 0.316. The Morgan fingerprint density at radius 2 is 1.86 bits per heavy atom. The van der Waals surface area contributed by atoms with E-state index in [0.29, 0.717) is 26.1 Å². The number of unbranched alkanes of at least 4 members (excludes halogenated alkanes) is 1. The van der Waals surface area contributed by atoms with E-state index in [2.05, 4.69) is 22.0 Å². The Hall–Kier alpha value is -2.13. The number of nitrogens with two attached hydrogens (primary N) is 1. The molecule has 0 fully saturated rings. The molecule has 0 saturated carbocycles. The van der Waals surface area contributed by atoms with Crippen molar-refractivity contribution >= 4 is 13.0 Å². The first-order valence-electron chi connectivity index (χ1n) is 9.70. The fourth-order valence-corrected chi connectivity index (χ4v) is 3.07. The Bertz CT molecular complexity index is 709. The van der Waals surface area contributed by atoms with Crippen LogP contribution in [0.3, 0.4) is 0 Å². The number of rotatable bonds is 12. The smallest absolute Gasteiger partial charge is 0.426 e. The lowest BCUT2D eigenvalue weighted by atomic mass is 9.77. The highest BCUT2D eigenvalue weighted by molar-refractivity contribution is 6.43. The van der Waals surface area contributed by atoms with Gasteiger partial charge in [-0.3, -0.25) is 9.69 Å². The number of hydrogen-bond donors (Lipinski definition) is 4. The topological polar surface area (TPSA) is 104 Å². The standard InChI is InChI=1S/C20H31BN4O3/c1-24(16-20(26)23-11-5-4-10-19(22)21(27)28)14-17-8-2-3-9-18(17)15-25-12-6-7-13-25/h2-3,6-9,12-13,19,27-28H,4-5,10-11,14-16,22H2,1H3,(H,23,26). The summed E-state index contributed by atoms with van der Waals surface area (Å²) in [5.74, 6) is -0.648. The van der Waals surface area contributed by atoms with Crippen LogP contribution in [0.5, 0.6) is 0 Å². The molecule has 8 heteroatoms. The molecule has 1 heterocycles. The second kappa shape index (κ2) is 11.7. The lowest BCUT2D eigenvalue weighted by molar-refractivity contribution is -0.122. The summed E-state index contributed by atoms with van der Waals surface area (Å²) >= 11 is 0. The van der Waals surface area contributed by atoms with E-state index in [0.717, 1.165) is 19.4 Å². The van der Waals surface area contributed by atoms with Gasteiger partial charge in [-0.1, -0.05) is 30.7 Å². The Balaban J connectivity index is 1.72. The zero-order chi connectivity index (χ0) is 20.4. The maximum absolute atomic E-state index is 12.1. The number of carbonyl (C=O) groups excluding carboxylic acids is 1. The van der Waals surface area contributed by atoms with Crippen LogP contribution >= 0.6 is 0 Å². The van der Waals surface area contributed by atoms with Crippen LogP contribution in [0, 0.1) is 0 Å². The molecule has 1 unspecified atom stereocenters. The van der Waals surface area contributed by atoms with Gasteiger partial charge in [0, 0.05) is 38.0 Å². The molecule has 0 aliphatic heterocycles. The van der Waals surface area contributed by atoms with Gasteiger partial charge in [0.05, 0.1) is 6.54 Å². The molecule has 152 valence electrons. The molecule has 0 spiro atoms. The van der Waals surface area contributed by atoms with Gasteiger partial charge >= 0.3 is 7.12 Å². The van der Waals surface area contributed by atoms with Crippen molar-refractivity contribution in [3.05, 3.63) is 59.9 Å². The SMILES string of the molecule is CN(CC(=O)NCCCCC(N)B(O)O)Cc1ccccc1Cn1cccc1. The second-order valence-corrected chi connectivity index (χ2v) is 7.22. The van der Waals surface area contributed by atoms with E-state index in [1.165, 1.54) is 11.1 Å². The summed E-state index contributed by atoms with van der Waals surface area (Å²) in [6.45, 7) is 2.40. The van der Waals surface area contributed by atoms with Crippen LogP contribution in [0.2, 0.25) is 0 Å². The Morgan fingerprint density at radius 1 is 1.18 bits per heavy atom. The number of hydrogen-bond acceptors (Lipinski definition) is 5. The van der Waals surface area contributed by atoms with E-state index in [1.54, 1.807) is 0 Å². The fraction of sp³-hybridized carbons (Fsp3) is 0.450. The minimum atomic E-state index is -1.48. The van der Waals surface area contributed by atoms with Crippen LogP contribution in [0.1, 0.15) is 30.4 Å². The average molecular weight is 386 g/mol. The van der Waals surface area contributed by atoms with Crippen LogP contribution in [0.4, 0.5) is 0 Å². The summed E-state index contributed by atoms with van der Waals surface area (Å²) in [7, 11) is 0.455. The van der Waals surface area contributed by atoms with Crippen molar-refractivity contribution in [2.24, 2.45) is 5.73 Å². The number of carbonyl (C=O) groups is 1. The predicted molar refractivity (Wildman–Crippen MR) is 111 cm³/mol. The van der Waals surface area contributed by atoms with Crippen LogP contribution in [0.15, 0.2) is 48.8 Å². The van der Waals surface area contributed by atoms with Crippen LogP contribution in [-0.4, -0.2) is 58.6 Å². The number of benzene rings is 1. The molecular formula is C20H31BN4O3. The lowest BCUT2D eigenvalue weighted by Crippen LogP contribution is -2.39. The third-order valence-corrected chi connectivity index (χ3v) is 4.66. The van der Waals surface area contributed by atoms with Gasteiger partial charge in [-0.25, -0.2) is 0 Å². The van der Waals surface area contributed by atoms with E-state index in [4.69, 9.17) is 15.8 Å². The molecule has 0 bridgehead atoms. The van der Waals surface area contributed by atoms with Crippen molar-refractivity contribution in [1.82, 2.24) is 14.8 Å². The molecule has 1 aromatic carbocycles. The highest BCUT2D eigenvalue weighted by Gasteiger charge is 2.17. The molecule has 1 amide bonds. The Labute approximate surface area is 167 Å². The first-order valence-corrected chi connectivity index (χ1v) is 9.70. The summed E-state index contributed by atoms with van der Waals surface area (Å²) in [6.07, 6.45) is 6.10. The monoisotopic (exact) mass is 386 g/mol. The van der Waals surface area contributed by atoms with Crippen LogP contribution < -0.4 is 11.1 Å². The molecular weight excluding hydrogens is 355 g/mol. The molecule has 1 aromatic heterocycles. The molecule has 0 aliphatic carbocycles. The summed E-state index contributed by atoms with van der Waals surface area (Å²) in [5, 5.41) is 20.8. The van der Waals surface area contributed by atoms with Crippen molar-refractivity contribution in [2.45, 2.75) is 38.3 Å². The van der Waals surface area contributed by atoms with Crippen molar-refractivity contribution < 1.29 is 14.8 Å². The lowest BCUT2D eigenvalue weighted by Gasteiger charge is -2.19. The zero-order valence-corrected chi connectivity index (χ0v) is 16.5. The normalized spacial score (nSPS) is 12.2. The number of nitrogens with zero attached hydrogens (tertiary/aromatic N) is 2. The summed E-state index contributed by atoms with van der Waals surface area (Å²) < 4.78 is 2.13. The molecule has 0 radical (unpaired) electrons. The minimum Gasteiger partial charge on any atom is -0.426 e. The minimum absolute atomic E-state index is 0.0168. The first-order chi connectivity index (χ1) is 13.5. The van der Waals surface area contributed by atoms with Gasteiger partial charge in [-0.15, -0.1) is 0 Å². The van der Waals surface area contributed by atoms with Gasteiger partial charge in [0.25, 0.3) is 0 Å². The fourth-order valence-electron chi connectivity index (χ4n) is 3.07. The molecule has 0 aliphatic rings. The number of aromatic nitrogens is 1. The molecule has 1 atom stereocenters. The van der Waals surface area contributed by atoms with Gasteiger partial charge in [0.15, 0.2) is 0 Å². The molecule has 2 aromatic rings. The van der Waals surface area contributed by atoms with Crippen molar-refractivity contribution in [2.75, 3.05) is 20.1 Å². The average Bonchev–Trinajstić information content (AvgIpc) is 3.15. The van der Waals surface area contributed by atoms with Gasteiger partial charge in [0.2, 0.25) is 5.91 Å². The highest BCUT2D eigenvalue weighted by Crippen LogP contribution is 2.13. The largest absolute Gasteiger partial charge is 0.469 e. The van der Waals surface area contributed by atoms with E-state index >= 15 is 0 Å². The summed E-state index contributed by atoms with van der Waals surface area (Å²) in [6, 6.07) is 12.3. The van der Waals surface area contributed by atoms with Gasteiger partial charge < -0.3 is 25.7 Å². The van der Waals surface area contributed by atoms with E-state index in [9.17, 15) is 4.79 Å². The van der Waals surface area contributed by atoms with E-state index < -0.39 is 13.1 Å². The number of amides is 1. The maximum Gasteiger partial charge on any atom is 0.469 e. The van der Waals surface area contributed by atoms with E-state index in [1.807, 2.05) is 48.6 Å². The maximum atomic E-state index is 12.1. The van der Waals surface area contributed by atoms with Crippen molar-refractivity contribution in [3.63, 3.8) is 0 Å². The third kappa shape index (κ3) is 7.86. The molecule has 28 heavy (non-hydrogen) atoms. The van der Waals surface area contributed by atoms with Crippen LogP contribution in [-0.2, 0) is 17.9 Å². The van der Waals surface area contributed by atoms with Gasteiger partial charge in [0.1, 0.15) is 0 Å². The number of nitrogens with one attached hydrogen (secondary N) is 1. The summed E-state index contributed by atoms with van der Waals surface area (Å²) in [5.41, 5.74) is 8.01. The van der Waals surface area contributed by atoms with Crippen LogP contribution in [0.25, 0.3) is 0 Å². The van der Waals surface area contributed by atoms with Crippen molar-refractivity contribution in [3.8, 4) is 0 Å². The first kappa shape index (κ1) is 22.2. The summed E-state index contributed by atoms with van der Waals surface area (Å²) in [4.78, 5) is 14.1. The third-order valence-electron chi connectivity index (χ3n) is 4.66. The number of likely N-dealkylation sites (N-methyl/N-ethyl adjacent to an activating group) is 1. The molecule has 5 N–H and O–H groups in total. The molecule has 0 saturated heterocycles. The zero-order valence-electron chi connectivity index (χ0n) is 16.5. The Kier molecular flexibility index (Phi) is 9.23. The second-order valence-electron chi connectivity index (χ2n) is 7.22. The molecule has 7 nitrogen and oxygen atoms in total.